The van der Waals surface area contributed by atoms with Crippen LogP contribution in [0.25, 0.3) is 0 Å². The Bertz CT molecular complexity index is 579. The Kier molecular flexibility index (Phi) is 4.71. The molecule has 1 aromatic heterocycles. The van der Waals surface area contributed by atoms with E-state index in [2.05, 4.69) is 28.6 Å². The van der Waals surface area contributed by atoms with Crippen LogP contribution in [0.5, 0.6) is 0 Å². The number of aromatic nitrogens is 3. The Labute approximate surface area is 127 Å². The molecular weight excluding hydrogens is 305 g/mol. The fourth-order valence-electron chi connectivity index (χ4n) is 2.00. The maximum absolute atomic E-state index is 6.02. The smallest absolute Gasteiger partial charge is 0.148 e. The van der Waals surface area contributed by atoms with Crippen molar-refractivity contribution >= 4 is 34.8 Å². The molecule has 0 saturated heterocycles. The summed E-state index contributed by atoms with van der Waals surface area (Å²) in [5.74, 6) is 2.02. The van der Waals surface area contributed by atoms with Crippen LogP contribution in [0.4, 0.5) is 0 Å². The first-order valence-electron chi connectivity index (χ1n) is 5.95. The molecule has 0 N–H and O–H groups in total. The van der Waals surface area contributed by atoms with Crippen molar-refractivity contribution in [2.45, 2.75) is 32.2 Å². The van der Waals surface area contributed by atoms with Crippen molar-refractivity contribution in [2.24, 2.45) is 0 Å². The zero-order valence-corrected chi connectivity index (χ0v) is 13.0. The number of alkyl halides is 1. The summed E-state index contributed by atoms with van der Waals surface area (Å²) in [6, 6.07) is 5.84. The van der Waals surface area contributed by atoms with Crippen molar-refractivity contribution in [3.63, 3.8) is 0 Å². The molecule has 102 valence electrons. The molecule has 0 aliphatic heterocycles. The first-order valence-corrected chi connectivity index (χ1v) is 7.24. The van der Waals surface area contributed by atoms with Gasteiger partial charge in [0, 0.05) is 12.5 Å². The fraction of sp³-hybridized carbons (Fsp3) is 0.385. The molecule has 1 heterocycles. The van der Waals surface area contributed by atoms with Gasteiger partial charge in [0.2, 0.25) is 0 Å². The zero-order chi connectivity index (χ0) is 14.0. The Balaban J connectivity index is 2.32. The second-order valence-corrected chi connectivity index (χ2v) is 5.64. The molecule has 0 atom stereocenters. The van der Waals surface area contributed by atoms with Crippen LogP contribution < -0.4 is 0 Å². The minimum absolute atomic E-state index is 0.265. The van der Waals surface area contributed by atoms with Gasteiger partial charge in [0.05, 0.1) is 15.9 Å². The number of halogens is 3. The summed E-state index contributed by atoms with van der Waals surface area (Å²) in [5, 5.41) is 9.42. The van der Waals surface area contributed by atoms with Gasteiger partial charge in [0.15, 0.2) is 0 Å². The largest absolute Gasteiger partial charge is 0.311 e. The average Bonchev–Trinajstić information content (AvgIpc) is 2.77. The van der Waals surface area contributed by atoms with Gasteiger partial charge >= 0.3 is 0 Å². The first kappa shape index (κ1) is 14.6. The molecule has 1 aromatic carbocycles. The molecular formula is C13H14Cl3N3. The molecule has 3 nitrogen and oxygen atoms in total. The lowest BCUT2D eigenvalue weighted by Gasteiger charge is -2.13. The molecule has 0 fully saturated rings. The van der Waals surface area contributed by atoms with Gasteiger partial charge in [-0.15, -0.1) is 21.8 Å². The minimum Gasteiger partial charge on any atom is -0.311 e. The molecule has 2 aromatic rings. The van der Waals surface area contributed by atoms with Crippen LogP contribution in [-0.4, -0.2) is 14.8 Å². The van der Waals surface area contributed by atoms with E-state index in [1.165, 1.54) is 0 Å². The Hall–Kier alpha value is -0.770. The highest BCUT2D eigenvalue weighted by molar-refractivity contribution is 6.42. The predicted molar refractivity (Wildman–Crippen MR) is 79.2 cm³/mol. The fourth-order valence-corrected chi connectivity index (χ4v) is 2.50. The molecule has 0 radical (unpaired) electrons. The summed E-state index contributed by atoms with van der Waals surface area (Å²) < 4.78 is 2.05. The van der Waals surface area contributed by atoms with Gasteiger partial charge in [0.1, 0.15) is 11.6 Å². The molecule has 0 unspecified atom stereocenters. The molecule has 6 heteroatoms. The number of benzene rings is 1. The second-order valence-electron chi connectivity index (χ2n) is 4.56. The van der Waals surface area contributed by atoms with Crippen LogP contribution in [0, 0.1) is 0 Å². The monoisotopic (exact) mass is 317 g/mol. The van der Waals surface area contributed by atoms with Crippen LogP contribution in [0.3, 0.4) is 0 Å². The van der Waals surface area contributed by atoms with Gasteiger partial charge in [-0.05, 0) is 31.5 Å². The van der Waals surface area contributed by atoms with Crippen molar-refractivity contribution in [2.75, 3.05) is 0 Å². The molecule has 0 aliphatic carbocycles. The Morgan fingerprint density at radius 3 is 2.37 bits per heavy atom. The molecule has 2 rings (SSSR count). The van der Waals surface area contributed by atoms with Crippen molar-refractivity contribution in [1.82, 2.24) is 14.8 Å². The van der Waals surface area contributed by atoms with E-state index in [0.29, 0.717) is 22.3 Å². The average molecular weight is 319 g/mol. The quantitative estimate of drug-likeness (QED) is 0.777. The van der Waals surface area contributed by atoms with Gasteiger partial charge in [-0.1, -0.05) is 29.3 Å². The number of hydrogen-bond donors (Lipinski definition) is 0. The van der Waals surface area contributed by atoms with E-state index in [0.717, 1.165) is 17.2 Å². The standard InChI is InChI=1S/C13H14Cl3N3/c1-8(2)19-12(17-18-13(19)7-14)6-9-3-4-10(15)11(16)5-9/h3-5,8H,6-7H2,1-2H3. The second kappa shape index (κ2) is 6.12. The zero-order valence-electron chi connectivity index (χ0n) is 10.7. The van der Waals surface area contributed by atoms with Crippen molar-refractivity contribution < 1.29 is 0 Å². The van der Waals surface area contributed by atoms with Gasteiger partial charge in [0.25, 0.3) is 0 Å². The third-order valence-corrected chi connectivity index (χ3v) is 3.80. The number of hydrogen-bond acceptors (Lipinski definition) is 2. The van der Waals surface area contributed by atoms with E-state index in [-0.39, 0.29) is 6.04 Å². The number of nitrogens with zero attached hydrogens (tertiary/aromatic N) is 3. The SMILES string of the molecule is CC(C)n1c(CCl)nnc1Cc1ccc(Cl)c(Cl)c1. The topological polar surface area (TPSA) is 30.7 Å². The molecule has 0 amide bonds. The van der Waals surface area contributed by atoms with E-state index in [1.54, 1.807) is 6.07 Å². The third-order valence-electron chi connectivity index (χ3n) is 2.82. The molecule has 19 heavy (non-hydrogen) atoms. The normalized spacial score (nSPS) is 11.3. The molecule has 0 aliphatic rings. The third kappa shape index (κ3) is 3.22. The highest BCUT2D eigenvalue weighted by atomic mass is 35.5. The Morgan fingerprint density at radius 1 is 1.11 bits per heavy atom. The summed E-state index contributed by atoms with van der Waals surface area (Å²) in [7, 11) is 0. The van der Waals surface area contributed by atoms with Crippen molar-refractivity contribution in [3.05, 3.63) is 45.5 Å². The van der Waals surface area contributed by atoms with E-state index in [9.17, 15) is 0 Å². The van der Waals surface area contributed by atoms with Crippen LogP contribution in [0.1, 0.15) is 37.1 Å². The van der Waals surface area contributed by atoms with Crippen LogP contribution in [0.2, 0.25) is 10.0 Å². The lowest BCUT2D eigenvalue weighted by Crippen LogP contribution is -2.10. The minimum atomic E-state index is 0.265. The van der Waals surface area contributed by atoms with Gasteiger partial charge in [-0.2, -0.15) is 0 Å². The van der Waals surface area contributed by atoms with Gasteiger partial charge in [-0.3, -0.25) is 0 Å². The first-order chi connectivity index (χ1) is 9.02. The summed E-state index contributed by atoms with van der Waals surface area (Å²) >= 11 is 17.8. The number of rotatable bonds is 4. The lowest BCUT2D eigenvalue weighted by atomic mass is 10.1. The lowest BCUT2D eigenvalue weighted by molar-refractivity contribution is 0.557. The van der Waals surface area contributed by atoms with E-state index in [4.69, 9.17) is 34.8 Å². The van der Waals surface area contributed by atoms with Crippen LogP contribution in [0.15, 0.2) is 18.2 Å². The predicted octanol–water partition coefficient (Wildman–Crippen LogP) is 4.50. The molecule has 0 spiro atoms. The van der Waals surface area contributed by atoms with E-state index >= 15 is 0 Å². The molecule has 0 bridgehead atoms. The van der Waals surface area contributed by atoms with E-state index < -0.39 is 0 Å². The summed E-state index contributed by atoms with van der Waals surface area (Å²) in [6.45, 7) is 4.16. The highest BCUT2D eigenvalue weighted by Crippen LogP contribution is 2.24. The maximum atomic E-state index is 6.02. The van der Waals surface area contributed by atoms with Gasteiger partial charge in [-0.25, -0.2) is 0 Å². The van der Waals surface area contributed by atoms with Crippen molar-refractivity contribution in [1.29, 1.82) is 0 Å². The van der Waals surface area contributed by atoms with Crippen LogP contribution in [-0.2, 0) is 12.3 Å². The maximum Gasteiger partial charge on any atom is 0.148 e. The van der Waals surface area contributed by atoms with Crippen molar-refractivity contribution in [3.8, 4) is 0 Å². The highest BCUT2D eigenvalue weighted by Gasteiger charge is 2.14. The Morgan fingerprint density at radius 2 is 1.79 bits per heavy atom. The van der Waals surface area contributed by atoms with E-state index in [1.807, 2.05) is 12.1 Å². The molecule has 0 saturated carbocycles. The summed E-state index contributed by atoms with van der Waals surface area (Å²) in [4.78, 5) is 0. The van der Waals surface area contributed by atoms with Crippen LogP contribution >= 0.6 is 34.8 Å². The van der Waals surface area contributed by atoms with Gasteiger partial charge < -0.3 is 4.57 Å². The summed E-state index contributed by atoms with van der Waals surface area (Å²) in [6.07, 6.45) is 0.652. The summed E-state index contributed by atoms with van der Waals surface area (Å²) in [5.41, 5.74) is 1.05.